The second-order valence-corrected chi connectivity index (χ2v) is 4.60. The van der Waals surface area contributed by atoms with E-state index in [9.17, 15) is 9.59 Å². The zero-order valence-corrected chi connectivity index (χ0v) is 10.3. The highest BCUT2D eigenvalue weighted by Crippen LogP contribution is 2.04. The summed E-state index contributed by atoms with van der Waals surface area (Å²) in [4.78, 5) is 26.6. The first-order valence-electron chi connectivity index (χ1n) is 5.21. The topological polar surface area (TPSA) is 91.3 Å². The summed E-state index contributed by atoms with van der Waals surface area (Å²) in [6.45, 7) is 2.21. The van der Waals surface area contributed by atoms with Gasteiger partial charge in [-0.15, -0.1) is 11.3 Å². The fourth-order valence-corrected chi connectivity index (χ4v) is 1.72. The fraction of sp³-hybridized carbons (Fsp3) is 0.500. The third-order valence-corrected chi connectivity index (χ3v) is 2.85. The van der Waals surface area contributed by atoms with Crippen molar-refractivity contribution < 1.29 is 14.7 Å². The van der Waals surface area contributed by atoms with E-state index in [-0.39, 0.29) is 18.5 Å². The van der Waals surface area contributed by atoms with Gasteiger partial charge in [-0.25, -0.2) is 4.79 Å². The summed E-state index contributed by atoms with van der Waals surface area (Å²) >= 11 is 1.47. The molecule has 7 heteroatoms. The van der Waals surface area contributed by atoms with Crippen LogP contribution in [0.3, 0.4) is 0 Å². The number of aromatic nitrogens is 1. The Morgan fingerprint density at radius 1 is 1.59 bits per heavy atom. The number of carboxylic acids is 1. The number of amides is 2. The molecule has 0 aliphatic carbocycles. The average molecular weight is 257 g/mol. The van der Waals surface area contributed by atoms with Crippen molar-refractivity contribution in [1.82, 2.24) is 15.6 Å². The Morgan fingerprint density at radius 2 is 2.35 bits per heavy atom. The summed E-state index contributed by atoms with van der Waals surface area (Å²) in [5, 5.41) is 13.8. The molecule has 0 radical (unpaired) electrons. The number of hydrogen-bond donors (Lipinski definition) is 3. The van der Waals surface area contributed by atoms with E-state index in [0.29, 0.717) is 13.0 Å². The maximum absolute atomic E-state index is 11.4. The van der Waals surface area contributed by atoms with Crippen molar-refractivity contribution in [3.63, 3.8) is 0 Å². The van der Waals surface area contributed by atoms with Crippen LogP contribution in [0.4, 0.5) is 4.79 Å². The van der Waals surface area contributed by atoms with Gasteiger partial charge in [0.15, 0.2) is 0 Å². The SMILES string of the molecule is CC(CCC(=O)O)NC(=O)NCc1cncs1. The second-order valence-electron chi connectivity index (χ2n) is 3.63. The normalized spacial score (nSPS) is 11.8. The van der Waals surface area contributed by atoms with Gasteiger partial charge in [0.05, 0.1) is 12.1 Å². The number of nitrogens with zero attached hydrogens (tertiary/aromatic N) is 1. The summed E-state index contributed by atoms with van der Waals surface area (Å²) in [6.07, 6.45) is 2.17. The maximum Gasteiger partial charge on any atom is 0.315 e. The van der Waals surface area contributed by atoms with Gasteiger partial charge in [-0.2, -0.15) is 0 Å². The van der Waals surface area contributed by atoms with Crippen LogP contribution < -0.4 is 10.6 Å². The van der Waals surface area contributed by atoms with Crippen LogP contribution in [0.1, 0.15) is 24.6 Å². The van der Waals surface area contributed by atoms with Crippen LogP contribution in [0.25, 0.3) is 0 Å². The lowest BCUT2D eigenvalue weighted by Gasteiger charge is -2.13. The van der Waals surface area contributed by atoms with Gasteiger partial charge in [-0.05, 0) is 13.3 Å². The number of hydrogen-bond acceptors (Lipinski definition) is 4. The molecule has 1 aromatic heterocycles. The van der Waals surface area contributed by atoms with E-state index in [1.807, 2.05) is 0 Å². The largest absolute Gasteiger partial charge is 0.481 e. The molecular formula is C10H15N3O3S. The van der Waals surface area contributed by atoms with Crippen LogP contribution in [0, 0.1) is 0 Å². The molecule has 94 valence electrons. The molecule has 1 heterocycles. The van der Waals surface area contributed by atoms with Crippen molar-refractivity contribution in [1.29, 1.82) is 0 Å². The monoisotopic (exact) mass is 257 g/mol. The number of thiazole rings is 1. The highest BCUT2D eigenvalue weighted by atomic mass is 32.1. The van der Waals surface area contributed by atoms with Gasteiger partial charge >= 0.3 is 12.0 Å². The molecule has 0 aromatic carbocycles. The highest BCUT2D eigenvalue weighted by Gasteiger charge is 2.08. The predicted octanol–water partition coefficient (Wildman–Crippen LogP) is 1.20. The molecule has 2 amide bonds. The quantitative estimate of drug-likeness (QED) is 0.714. The molecule has 6 nitrogen and oxygen atoms in total. The van der Waals surface area contributed by atoms with E-state index in [4.69, 9.17) is 5.11 Å². The number of rotatable bonds is 6. The molecule has 17 heavy (non-hydrogen) atoms. The molecule has 0 saturated heterocycles. The third-order valence-electron chi connectivity index (χ3n) is 2.08. The number of carbonyl (C=O) groups is 2. The number of nitrogens with one attached hydrogen (secondary N) is 2. The minimum atomic E-state index is -0.858. The first-order chi connectivity index (χ1) is 8.08. The second kappa shape index (κ2) is 6.85. The summed E-state index contributed by atoms with van der Waals surface area (Å²) < 4.78 is 0. The molecule has 1 rings (SSSR count). The van der Waals surface area contributed by atoms with E-state index in [1.54, 1.807) is 18.6 Å². The Labute approximate surface area is 103 Å². The Bertz CT molecular complexity index is 367. The number of carboxylic acid groups (broad SMARTS) is 1. The van der Waals surface area contributed by atoms with Crippen LogP contribution in [0.15, 0.2) is 11.7 Å². The summed E-state index contributed by atoms with van der Waals surface area (Å²) in [6, 6.07) is -0.455. The van der Waals surface area contributed by atoms with E-state index >= 15 is 0 Å². The molecule has 1 atom stereocenters. The van der Waals surface area contributed by atoms with Crippen molar-refractivity contribution in [2.45, 2.75) is 32.4 Å². The lowest BCUT2D eigenvalue weighted by molar-refractivity contribution is -0.137. The van der Waals surface area contributed by atoms with Crippen LogP contribution in [-0.4, -0.2) is 28.1 Å². The van der Waals surface area contributed by atoms with Crippen LogP contribution in [0.2, 0.25) is 0 Å². The Balaban J connectivity index is 2.18. The molecule has 0 aliphatic rings. The molecule has 0 aliphatic heterocycles. The molecule has 0 spiro atoms. The van der Waals surface area contributed by atoms with Crippen molar-refractivity contribution in [2.24, 2.45) is 0 Å². The minimum Gasteiger partial charge on any atom is -0.481 e. The first-order valence-corrected chi connectivity index (χ1v) is 6.09. The molecule has 1 aromatic rings. The standard InChI is InChI=1S/C10H15N3O3S/c1-7(2-3-9(14)15)13-10(16)12-5-8-4-11-6-17-8/h4,6-7H,2-3,5H2,1H3,(H,14,15)(H2,12,13,16). The van der Waals surface area contributed by atoms with E-state index in [0.717, 1.165) is 4.88 Å². The minimum absolute atomic E-state index is 0.0519. The van der Waals surface area contributed by atoms with Gasteiger partial charge in [0, 0.05) is 23.5 Å². The number of aliphatic carboxylic acids is 1. The predicted molar refractivity (Wildman–Crippen MR) is 63.8 cm³/mol. The zero-order chi connectivity index (χ0) is 12.7. The number of carbonyl (C=O) groups excluding carboxylic acids is 1. The Hall–Kier alpha value is -1.63. The zero-order valence-electron chi connectivity index (χ0n) is 9.47. The van der Waals surface area contributed by atoms with Gasteiger partial charge in [0.25, 0.3) is 0 Å². The van der Waals surface area contributed by atoms with Crippen molar-refractivity contribution in [2.75, 3.05) is 0 Å². The molecule has 0 bridgehead atoms. The van der Waals surface area contributed by atoms with Gasteiger partial charge in [-0.1, -0.05) is 0 Å². The maximum atomic E-state index is 11.4. The van der Waals surface area contributed by atoms with Crippen LogP contribution in [0.5, 0.6) is 0 Å². The van der Waals surface area contributed by atoms with Crippen molar-refractivity contribution in [3.05, 3.63) is 16.6 Å². The molecule has 3 N–H and O–H groups in total. The summed E-state index contributed by atoms with van der Waals surface area (Å²) in [5.74, 6) is -0.858. The summed E-state index contributed by atoms with van der Waals surface area (Å²) in [5.41, 5.74) is 1.70. The fourth-order valence-electron chi connectivity index (χ4n) is 1.18. The van der Waals surface area contributed by atoms with E-state index in [2.05, 4.69) is 15.6 Å². The van der Waals surface area contributed by atoms with E-state index < -0.39 is 5.97 Å². The average Bonchev–Trinajstić information content (AvgIpc) is 2.76. The van der Waals surface area contributed by atoms with Crippen molar-refractivity contribution >= 4 is 23.3 Å². The lowest BCUT2D eigenvalue weighted by Crippen LogP contribution is -2.40. The smallest absolute Gasteiger partial charge is 0.315 e. The van der Waals surface area contributed by atoms with Gasteiger partial charge in [-0.3, -0.25) is 9.78 Å². The molecule has 1 unspecified atom stereocenters. The molecular weight excluding hydrogens is 242 g/mol. The highest BCUT2D eigenvalue weighted by molar-refractivity contribution is 7.09. The Morgan fingerprint density at radius 3 is 2.94 bits per heavy atom. The molecule has 0 fully saturated rings. The lowest BCUT2D eigenvalue weighted by atomic mass is 10.2. The van der Waals surface area contributed by atoms with Gasteiger partial charge in [0.1, 0.15) is 0 Å². The first kappa shape index (κ1) is 13.4. The third kappa shape index (κ3) is 5.86. The van der Waals surface area contributed by atoms with Gasteiger partial charge < -0.3 is 15.7 Å². The molecule has 0 saturated carbocycles. The van der Waals surface area contributed by atoms with Crippen LogP contribution in [-0.2, 0) is 11.3 Å². The van der Waals surface area contributed by atoms with E-state index in [1.165, 1.54) is 11.3 Å². The number of urea groups is 1. The van der Waals surface area contributed by atoms with Crippen LogP contribution >= 0.6 is 11.3 Å². The van der Waals surface area contributed by atoms with Crippen molar-refractivity contribution in [3.8, 4) is 0 Å². The van der Waals surface area contributed by atoms with Gasteiger partial charge in [0.2, 0.25) is 0 Å². The Kier molecular flexibility index (Phi) is 5.41. The summed E-state index contributed by atoms with van der Waals surface area (Å²) in [7, 11) is 0.